The van der Waals surface area contributed by atoms with E-state index in [1.807, 2.05) is 35.6 Å². The van der Waals surface area contributed by atoms with Crippen LogP contribution in [0.2, 0.25) is 0 Å². The Morgan fingerprint density at radius 1 is 0.362 bits per heavy atom. The van der Waals surface area contributed by atoms with Crippen molar-refractivity contribution in [3.05, 3.63) is 158 Å². The molecule has 0 aliphatic carbocycles. The highest BCUT2D eigenvalue weighted by molar-refractivity contribution is 7.26. The zero-order chi connectivity index (χ0) is 31.2. The molecule has 0 aliphatic heterocycles. The van der Waals surface area contributed by atoms with Gasteiger partial charge >= 0.3 is 0 Å². The zero-order valence-corrected chi connectivity index (χ0v) is 26.0. The lowest BCUT2D eigenvalue weighted by Gasteiger charge is -2.11. The van der Waals surface area contributed by atoms with Gasteiger partial charge in [0.25, 0.3) is 0 Å². The fourth-order valence-corrected chi connectivity index (χ4v) is 7.80. The highest BCUT2D eigenvalue weighted by Gasteiger charge is 2.13. The standard InChI is InChI=1S/C34H20N2S.C8H6N2/c1-2-11-27-25(9-1)30-20-22(15-16-28(30)33-32(27)35-17-18-36-33)21-7-5-8-23(19-21)24-12-6-13-29-26-10-3-4-14-31(26)37-34(24)29;1-2-4-8-7(3-1)9-5-6-10-8/h1-20H;1-6H. The van der Waals surface area contributed by atoms with Crippen LogP contribution in [0.1, 0.15) is 0 Å². The average molecular weight is 619 g/mol. The topological polar surface area (TPSA) is 51.6 Å². The first-order valence-corrected chi connectivity index (χ1v) is 16.4. The number of para-hydroxylation sites is 2. The highest BCUT2D eigenvalue weighted by atomic mass is 32.1. The second kappa shape index (κ2) is 11.4. The molecule has 0 amide bonds. The van der Waals surface area contributed by atoms with Gasteiger partial charge in [0.1, 0.15) is 0 Å². The Morgan fingerprint density at radius 2 is 0.936 bits per heavy atom. The molecule has 0 spiro atoms. The van der Waals surface area contributed by atoms with E-state index in [0.29, 0.717) is 0 Å². The first-order chi connectivity index (χ1) is 23.3. The van der Waals surface area contributed by atoms with Gasteiger partial charge in [-0.1, -0.05) is 103 Å². The van der Waals surface area contributed by atoms with Crippen LogP contribution in [0.4, 0.5) is 0 Å². The second-order valence-corrected chi connectivity index (χ2v) is 12.5. The van der Waals surface area contributed by atoms with Crippen LogP contribution in [0.5, 0.6) is 0 Å². The minimum atomic E-state index is 0.949. The van der Waals surface area contributed by atoms with E-state index in [4.69, 9.17) is 4.98 Å². The molecular formula is C42H26N4S. The summed E-state index contributed by atoms with van der Waals surface area (Å²) in [5.41, 5.74) is 8.74. The number of benzene rings is 7. The van der Waals surface area contributed by atoms with Crippen molar-refractivity contribution in [2.75, 3.05) is 0 Å². The molecule has 0 unspecified atom stereocenters. The summed E-state index contributed by atoms with van der Waals surface area (Å²) in [7, 11) is 0. The monoisotopic (exact) mass is 618 g/mol. The summed E-state index contributed by atoms with van der Waals surface area (Å²) in [5.74, 6) is 0. The summed E-state index contributed by atoms with van der Waals surface area (Å²) in [4.78, 5) is 17.6. The van der Waals surface area contributed by atoms with Crippen LogP contribution in [0.15, 0.2) is 158 Å². The van der Waals surface area contributed by atoms with E-state index in [1.165, 1.54) is 53.2 Å². The Labute approximate surface area is 274 Å². The normalized spacial score (nSPS) is 11.4. The summed E-state index contributed by atoms with van der Waals surface area (Å²) in [6.45, 7) is 0. The zero-order valence-electron chi connectivity index (χ0n) is 25.2. The lowest BCUT2D eigenvalue weighted by molar-refractivity contribution is 1.29. The number of rotatable bonds is 2. The van der Waals surface area contributed by atoms with Crippen molar-refractivity contribution in [3.8, 4) is 22.3 Å². The van der Waals surface area contributed by atoms with Crippen LogP contribution < -0.4 is 0 Å². The minimum Gasteiger partial charge on any atom is -0.253 e. The lowest BCUT2D eigenvalue weighted by atomic mass is 9.94. The SMILES string of the molecule is c1cc(-c2ccc3c(c2)c2ccccc2c2nccnc32)cc(-c2cccc3c2sc2ccccc23)c1.c1ccc2nccnc2c1. The fourth-order valence-electron chi connectivity index (χ4n) is 6.56. The molecule has 0 fully saturated rings. The Hall–Kier alpha value is -6.04. The maximum atomic E-state index is 4.70. The quantitative estimate of drug-likeness (QED) is 0.181. The number of nitrogens with zero attached hydrogens (tertiary/aromatic N) is 4. The Kier molecular flexibility index (Phi) is 6.61. The van der Waals surface area contributed by atoms with E-state index >= 15 is 0 Å². The number of fused-ring (bicyclic) bond motifs is 10. The van der Waals surface area contributed by atoms with Gasteiger partial charge in [0.2, 0.25) is 0 Å². The third-order valence-electron chi connectivity index (χ3n) is 8.73. The maximum absolute atomic E-state index is 4.70. The van der Waals surface area contributed by atoms with Crippen LogP contribution in [0.3, 0.4) is 0 Å². The van der Waals surface area contributed by atoms with Gasteiger partial charge in [0.05, 0.1) is 22.1 Å². The van der Waals surface area contributed by atoms with Crippen LogP contribution in [0.25, 0.3) is 86.0 Å². The molecule has 0 N–H and O–H groups in total. The lowest BCUT2D eigenvalue weighted by Crippen LogP contribution is -1.89. The van der Waals surface area contributed by atoms with Crippen LogP contribution in [-0.4, -0.2) is 19.9 Å². The maximum Gasteiger partial charge on any atom is 0.0971 e. The number of hydrogen-bond acceptors (Lipinski definition) is 5. The third-order valence-corrected chi connectivity index (χ3v) is 9.95. The summed E-state index contributed by atoms with van der Waals surface area (Å²) >= 11 is 1.88. The first-order valence-electron chi connectivity index (χ1n) is 15.5. The van der Waals surface area contributed by atoms with E-state index in [9.17, 15) is 0 Å². The summed E-state index contributed by atoms with van der Waals surface area (Å²) in [5, 5.41) is 7.35. The van der Waals surface area contributed by atoms with Crippen molar-refractivity contribution in [1.29, 1.82) is 0 Å². The van der Waals surface area contributed by atoms with E-state index in [0.717, 1.165) is 32.8 Å². The third kappa shape index (κ3) is 4.76. The van der Waals surface area contributed by atoms with Crippen molar-refractivity contribution in [3.63, 3.8) is 0 Å². The molecule has 0 saturated carbocycles. The first kappa shape index (κ1) is 27.3. The highest BCUT2D eigenvalue weighted by Crippen LogP contribution is 2.41. The molecule has 4 nitrogen and oxygen atoms in total. The minimum absolute atomic E-state index is 0.949. The molecule has 10 aromatic rings. The van der Waals surface area contributed by atoms with Crippen LogP contribution in [0, 0.1) is 0 Å². The Bertz CT molecular complexity index is 2670. The number of thiophene rings is 1. The van der Waals surface area contributed by atoms with Gasteiger partial charge in [-0.2, -0.15) is 0 Å². The predicted molar refractivity (Wildman–Crippen MR) is 198 cm³/mol. The Balaban J connectivity index is 0.000000258. The Morgan fingerprint density at radius 3 is 1.72 bits per heavy atom. The fraction of sp³-hybridized carbons (Fsp3) is 0. The molecule has 3 heterocycles. The molecule has 220 valence electrons. The number of hydrogen-bond donors (Lipinski definition) is 0. The molecule has 0 bridgehead atoms. The molecule has 0 saturated heterocycles. The molecule has 3 aromatic heterocycles. The van der Waals surface area contributed by atoms with E-state index in [-0.39, 0.29) is 0 Å². The average Bonchev–Trinajstić information content (AvgIpc) is 3.54. The van der Waals surface area contributed by atoms with Crippen molar-refractivity contribution >= 4 is 75.1 Å². The number of aromatic nitrogens is 4. The largest absolute Gasteiger partial charge is 0.253 e. The van der Waals surface area contributed by atoms with Crippen molar-refractivity contribution < 1.29 is 0 Å². The molecule has 5 heteroatoms. The summed E-state index contributed by atoms with van der Waals surface area (Å²) in [6, 6.07) is 47.3. The molecule has 7 aromatic carbocycles. The van der Waals surface area contributed by atoms with Crippen molar-refractivity contribution in [2.45, 2.75) is 0 Å². The molecule has 0 radical (unpaired) electrons. The van der Waals surface area contributed by atoms with E-state index in [1.54, 1.807) is 24.8 Å². The van der Waals surface area contributed by atoms with Crippen LogP contribution in [-0.2, 0) is 0 Å². The van der Waals surface area contributed by atoms with E-state index in [2.05, 4.69) is 124 Å². The second-order valence-electron chi connectivity index (χ2n) is 11.5. The van der Waals surface area contributed by atoms with Crippen molar-refractivity contribution in [2.24, 2.45) is 0 Å². The van der Waals surface area contributed by atoms with Gasteiger partial charge in [0.15, 0.2) is 0 Å². The van der Waals surface area contributed by atoms with Gasteiger partial charge < -0.3 is 0 Å². The summed E-state index contributed by atoms with van der Waals surface area (Å²) in [6.07, 6.45) is 6.95. The van der Waals surface area contributed by atoms with Gasteiger partial charge in [-0.15, -0.1) is 11.3 Å². The molecule has 0 aliphatic rings. The van der Waals surface area contributed by atoms with Crippen molar-refractivity contribution in [1.82, 2.24) is 19.9 Å². The molecular weight excluding hydrogens is 593 g/mol. The van der Waals surface area contributed by atoms with Crippen LogP contribution >= 0.6 is 11.3 Å². The smallest absolute Gasteiger partial charge is 0.0971 e. The van der Waals surface area contributed by atoms with Gasteiger partial charge in [-0.3, -0.25) is 19.9 Å². The van der Waals surface area contributed by atoms with Gasteiger partial charge in [-0.25, -0.2) is 0 Å². The molecule has 10 rings (SSSR count). The summed E-state index contributed by atoms with van der Waals surface area (Å²) < 4.78 is 2.67. The van der Waals surface area contributed by atoms with Gasteiger partial charge in [-0.05, 0) is 63.4 Å². The van der Waals surface area contributed by atoms with Gasteiger partial charge in [0, 0.05) is 55.7 Å². The molecule has 0 atom stereocenters. The molecule has 47 heavy (non-hydrogen) atoms. The van der Waals surface area contributed by atoms with E-state index < -0.39 is 0 Å². The predicted octanol–water partition coefficient (Wildman–Crippen LogP) is 11.3.